The van der Waals surface area contributed by atoms with Crippen molar-refractivity contribution in [3.63, 3.8) is 0 Å². The molecule has 0 N–H and O–H groups in total. The summed E-state index contributed by atoms with van der Waals surface area (Å²) < 4.78 is 62.2. The van der Waals surface area contributed by atoms with Gasteiger partial charge in [0, 0.05) is 35.0 Å². The number of benzene rings is 4. The van der Waals surface area contributed by atoms with Gasteiger partial charge in [0.2, 0.25) is 0 Å². The van der Waals surface area contributed by atoms with E-state index < -0.39 is 18.2 Å². The molecule has 4 aromatic carbocycles. The summed E-state index contributed by atoms with van der Waals surface area (Å²) in [5.74, 6) is -0.610. The minimum Gasteiger partial charge on any atom is -0.496 e. The Balaban J connectivity index is 1.15. The van der Waals surface area contributed by atoms with Crippen LogP contribution in [0.15, 0.2) is 102 Å². The van der Waals surface area contributed by atoms with Crippen molar-refractivity contribution in [2.45, 2.75) is 37.8 Å². The lowest BCUT2D eigenvalue weighted by atomic mass is 9.87. The summed E-state index contributed by atoms with van der Waals surface area (Å²) in [5, 5.41) is 7.06. The molecule has 2 heterocycles. The van der Waals surface area contributed by atoms with Crippen LogP contribution in [0, 0.1) is 0 Å². The van der Waals surface area contributed by atoms with Gasteiger partial charge >= 0.3 is 12.1 Å². The van der Waals surface area contributed by atoms with Crippen molar-refractivity contribution < 1.29 is 41.5 Å². The number of nitrogens with zero attached hydrogens (tertiary/aromatic N) is 2. The van der Waals surface area contributed by atoms with E-state index in [0.29, 0.717) is 29.4 Å². The first-order valence-electron chi connectivity index (χ1n) is 14.7. The first kappa shape index (κ1) is 31.1. The standard InChI is InChI=1S/C35H31F3N2O6/c1-42-33-26(12-11-23-7-5-6-10-30(23)33)21-44-32-20-40(46-34(41)35(36,37)38)18-17-29(32)24-13-15-27(16-14-24)43-22-28-19-31(39-45-28)25-8-3-2-4-9-25/h2-16,19,29,32H,17-18,20-22H2,1H3. The molecule has 0 saturated carbocycles. The normalized spacial score (nSPS) is 17.1. The Hall–Kier alpha value is -4.87. The molecule has 2 atom stereocenters. The number of carbonyl (C=O) groups is 1. The Bertz CT molecular complexity index is 1780. The average Bonchev–Trinajstić information content (AvgIpc) is 3.56. The zero-order chi connectivity index (χ0) is 32.1. The third kappa shape index (κ3) is 7.16. The maximum Gasteiger partial charge on any atom is 0.492 e. The Kier molecular flexibility index (Phi) is 9.23. The van der Waals surface area contributed by atoms with E-state index in [2.05, 4.69) is 9.99 Å². The molecule has 11 heteroatoms. The Morgan fingerprint density at radius 3 is 2.48 bits per heavy atom. The topological polar surface area (TPSA) is 83.3 Å². The van der Waals surface area contributed by atoms with Crippen molar-refractivity contribution in [1.82, 2.24) is 10.2 Å². The smallest absolute Gasteiger partial charge is 0.492 e. The number of hydrogen-bond donors (Lipinski definition) is 0. The number of fused-ring (bicyclic) bond motifs is 1. The van der Waals surface area contributed by atoms with E-state index in [1.165, 1.54) is 0 Å². The minimum absolute atomic E-state index is 0.0458. The number of aromatic nitrogens is 1. The predicted octanol–water partition coefficient (Wildman–Crippen LogP) is 7.48. The fraction of sp³-hybridized carbons (Fsp3) is 0.257. The van der Waals surface area contributed by atoms with Crippen LogP contribution < -0.4 is 9.47 Å². The molecule has 1 fully saturated rings. The molecule has 0 amide bonds. The van der Waals surface area contributed by atoms with Gasteiger partial charge in [-0.25, -0.2) is 4.79 Å². The van der Waals surface area contributed by atoms with Crippen LogP contribution in [0.4, 0.5) is 13.2 Å². The van der Waals surface area contributed by atoms with Crippen LogP contribution in [0.1, 0.15) is 29.2 Å². The van der Waals surface area contributed by atoms with Crippen molar-refractivity contribution >= 4 is 16.7 Å². The maximum absolute atomic E-state index is 12.9. The molecule has 8 nitrogen and oxygen atoms in total. The minimum atomic E-state index is -5.10. The van der Waals surface area contributed by atoms with Crippen LogP contribution in [0.5, 0.6) is 11.5 Å². The summed E-state index contributed by atoms with van der Waals surface area (Å²) in [6.45, 7) is 0.385. The molecule has 0 spiro atoms. The van der Waals surface area contributed by atoms with Crippen molar-refractivity contribution in [2.24, 2.45) is 0 Å². The maximum atomic E-state index is 12.9. The van der Waals surface area contributed by atoms with Crippen LogP contribution in [0.25, 0.3) is 22.0 Å². The number of halogens is 3. The summed E-state index contributed by atoms with van der Waals surface area (Å²) in [4.78, 5) is 16.3. The fourth-order valence-electron chi connectivity index (χ4n) is 5.62. The van der Waals surface area contributed by atoms with Crippen LogP contribution in [0.3, 0.4) is 0 Å². The van der Waals surface area contributed by atoms with Gasteiger partial charge in [-0.2, -0.15) is 13.2 Å². The lowest BCUT2D eigenvalue weighted by Gasteiger charge is -2.37. The lowest BCUT2D eigenvalue weighted by molar-refractivity contribution is -0.248. The van der Waals surface area contributed by atoms with Crippen LogP contribution in [-0.4, -0.2) is 48.7 Å². The summed E-state index contributed by atoms with van der Waals surface area (Å²) >= 11 is 0. The molecule has 1 aromatic heterocycles. The number of alkyl halides is 3. The summed E-state index contributed by atoms with van der Waals surface area (Å²) in [6, 6.07) is 30.6. The number of piperidine rings is 1. The number of ether oxygens (including phenoxy) is 3. The summed E-state index contributed by atoms with van der Waals surface area (Å²) in [6.07, 6.45) is -5.30. The quantitative estimate of drug-likeness (QED) is 0.157. The van der Waals surface area contributed by atoms with E-state index in [4.69, 9.17) is 18.7 Å². The summed E-state index contributed by atoms with van der Waals surface area (Å²) in [5.41, 5.74) is 3.36. The SMILES string of the molecule is COc1c(COC2CN(OC(=O)C(F)(F)F)CCC2c2ccc(OCc3cc(-c4ccccc4)no3)cc2)ccc2ccccc12. The molecule has 1 aliphatic heterocycles. The van der Waals surface area contributed by atoms with Gasteiger partial charge in [0.1, 0.15) is 23.8 Å². The molecular formula is C35H31F3N2O6. The second kappa shape index (κ2) is 13.6. The van der Waals surface area contributed by atoms with E-state index in [1.807, 2.05) is 97.1 Å². The van der Waals surface area contributed by atoms with Crippen molar-refractivity contribution in [2.75, 3.05) is 20.2 Å². The van der Waals surface area contributed by atoms with Gasteiger partial charge in [-0.15, -0.1) is 5.06 Å². The Morgan fingerprint density at radius 1 is 0.957 bits per heavy atom. The highest BCUT2D eigenvalue weighted by molar-refractivity contribution is 5.89. The average molecular weight is 633 g/mol. The van der Waals surface area contributed by atoms with Gasteiger partial charge in [0.25, 0.3) is 0 Å². The molecule has 5 aromatic rings. The number of rotatable bonds is 10. The highest BCUT2D eigenvalue weighted by Gasteiger charge is 2.44. The molecule has 1 saturated heterocycles. The van der Waals surface area contributed by atoms with Gasteiger partial charge in [0.15, 0.2) is 5.76 Å². The number of hydrogen-bond acceptors (Lipinski definition) is 8. The lowest BCUT2D eigenvalue weighted by Crippen LogP contribution is -2.46. The number of hydroxylamine groups is 2. The first-order chi connectivity index (χ1) is 22.3. The third-order valence-corrected chi connectivity index (χ3v) is 7.90. The van der Waals surface area contributed by atoms with Crippen LogP contribution in [0.2, 0.25) is 0 Å². The largest absolute Gasteiger partial charge is 0.496 e. The second-order valence-electron chi connectivity index (χ2n) is 10.9. The predicted molar refractivity (Wildman–Crippen MR) is 163 cm³/mol. The van der Waals surface area contributed by atoms with Gasteiger partial charge < -0.3 is 23.6 Å². The first-order valence-corrected chi connectivity index (χ1v) is 14.7. The third-order valence-electron chi connectivity index (χ3n) is 7.90. The van der Waals surface area contributed by atoms with Crippen molar-refractivity contribution in [3.8, 4) is 22.8 Å². The zero-order valence-electron chi connectivity index (χ0n) is 24.9. The van der Waals surface area contributed by atoms with Crippen LogP contribution in [-0.2, 0) is 27.6 Å². The molecule has 2 unspecified atom stereocenters. The van der Waals surface area contributed by atoms with E-state index in [1.54, 1.807) is 7.11 Å². The van der Waals surface area contributed by atoms with Gasteiger partial charge in [-0.3, -0.25) is 0 Å². The Morgan fingerprint density at radius 2 is 1.72 bits per heavy atom. The number of methoxy groups -OCH3 is 1. The monoisotopic (exact) mass is 632 g/mol. The second-order valence-corrected chi connectivity index (χ2v) is 10.9. The van der Waals surface area contributed by atoms with E-state index >= 15 is 0 Å². The Labute approximate surface area is 263 Å². The highest BCUT2D eigenvalue weighted by atomic mass is 19.4. The highest BCUT2D eigenvalue weighted by Crippen LogP contribution is 2.35. The molecule has 238 valence electrons. The van der Waals surface area contributed by atoms with E-state index in [0.717, 1.165) is 32.5 Å². The van der Waals surface area contributed by atoms with Crippen LogP contribution >= 0.6 is 0 Å². The molecule has 0 aliphatic carbocycles. The molecule has 46 heavy (non-hydrogen) atoms. The van der Waals surface area contributed by atoms with E-state index in [9.17, 15) is 18.0 Å². The van der Waals surface area contributed by atoms with Gasteiger partial charge in [0.05, 0.1) is 26.4 Å². The van der Waals surface area contributed by atoms with Gasteiger partial charge in [-0.05, 0) is 29.5 Å². The van der Waals surface area contributed by atoms with Gasteiger partial charge in [-0.1, -0.05) is 84.0 Å². The molecule has 0 radical (unpaired) electrons. The molecule has 0 bridgehead atoms. The van der Waals surface area contributed by atoms with Crippen molar-refractivity contribution in [1.29, 1.82) is 0 Å². The zero-order valence-corrected chi connectivity index (χ0v) is 24.9. The number of carbonyl (C=O) groups excluding carboxylic acids is 1. The molecule has 1 aliphatic rings. The fourth-order valence-corrected chi connectivity index (χ4v) is 5.62. The summed E-state index contributed by atoms with van der Waals surface area (Å²) in [7, 11) is 1.58. The molecule has 6 rings (SSSR count). The van der Waals surface area contributed by atoms with E-state index in [-0.39, 0.29) is 32.2 Å². The van der Waals surface area contributed by atoms with Crippen molar-refractivity contribution in [3.05, 3.63) is 114 Å². The molecular weight excluding hydrogens is 601 g/mol.